The number of hydrogen-bond acceptors (Lipinski definition) is 4. The Balaban J connectivity index is 3.33. The first-order valence-corrected chi connectivity index (χ1v) is 10.2. The molecule has 0 bridgehead atoms. The molecule has 4 nitrogen and oxygen atoms in total. The predicted molar refractivity (Wildman–Crippen MR) is 103 cm³/mol. The Morgan fingerprint density at radius 3 is 2.36 bits per heavy atom. The Hall–Kier alpha value is -0.870. The fourth-order valence-electron chi connectivity index (χ4n) is 2.64. The molecule has 2 N–H and O–H groups in total. The van der Waals surface area contributed by atoms with E-state index in [0.29, 0.717) is 6.42 Å². The smallest absolute Gasteiger partial charge is 0.305 e. The standard InChI is InChI=1S/C21H40O4/c1-3-4-5-12-15-20(23)16-13-10-8-6-7-9-11-14-17-21(24)25-18-19(2)22/h10,13,19-20,22-23H,3-9,11-12,14-18H2,1-2H3/b13-10-/t19-,20+/m1/s1. The molecule has 0 aliphatic heterocycles. The minimum absolute atomic E-state index is 0.0958. The molecule has 0 saturated heterocycles. The SMILES string of the molecule is CCCCCC[C@H](O)C/C=C\CCCCCCCC(=O)OC[C@@H](C)O. The first-order chi connectivity index (χ1) is 12.1. The number of carbonyl (C=O) groups is 1. The third kappa shape index (κ3) is 19.3. The van der Waals surface area contributed by atoms with Crippen LogP contribution in [0.3, 0.4) is 0 Å². The van der Waals surface area contributed by atoms with Crippen LogP contribution in [0.5, 0.6) is 0 Å². The molecule has 0 radical (unpaired) electrons. The van der Waals surface area contributed by atoms with E-state index < -0.39 is 6.10 Å². The Labute approximate surface area is 154 Å². The molecule has 0 aliphatic rings. The fraction of sp³-hybridized carbons (Fsp3) is 0.857. The minimum Gasteiger partial charge on any atom is -0.463 e. The summed E-state index contributed by atoms with van der Waals surface area (Å²) in [6.07, 6.45) is 17.0. The lowest BCUT2D eigenvalue weighted by molar-refractivity contribution is -0.146. The van der Waals surface area contributed by atoms with Crippen LogP contribution in [-0.2, 0) is 9.53 Å². The van der Waals surface area contributed by atoms with E-state index in [1.54, 1.807) is 6.92 Å². The number of ether oxygens (including phenoxy) is 1. The summed E-state index contributed by atoms with van der Waals surface area (Å²) in [5.74, 6) is -0.211. The van der Waals surface area contributed by atoms with E-state index in [4.69, 9.17) is 9.84 Å². The lowest BCUT2D eigenvalue weighted by atomic mass is 10.1. The number of rotatable bonds is 17. The summed E-state index contributed by atoms with van der Waals surface area (Å²) in [5, 5.41) is 18.9. The highest BCUT2D eigenvalue weighted by molar-refractivity contribution is 5.69. The van der Waals surface area contributed by atoms with Crippen LogP contribution in [0.25, 0.3) is 0 Å². The average Bonchev–Trinajstić information content (AvgIpc) is 2.58. The van der Waals surface area contributed by atoms with Crippen LogP contribution in [0.2, 0.25) is 0 Å². The molecule has 0 saturated carbocycles. The van der Waals surface area contributed by atoms with E-state index in [0.717, 1.165) is 51.4 Å². The quantitative estimate of drug-likeness (QED) is 0.220. The van der Waals surface area contributed by atoms with Gasteiger partial charge >= 0.3 is 5.97 Å². The van der Waals surface area contributed by atoms with Gasteiger partial charge in [0.15, 0.2) is 0 Å². The third-order valence-electron chi connectivity index (χ3n) is 4.20. The molecule has 0 heterocycles. The molecule has 0 spiro atoms. The molecule has 4 heteroatoms. The summed E-state index contributed by atoms with van der Waals surface area (Å²) in [4.78, 5) is 11.3. The van der Waals surface area contributed by atoms with Crippen LogP contribution in [-0.4, -0.2) is 35.0 Å². The van der Waals surface area contributed by atoms with Crippen LogP contribution in [0.1, 0.15) is 97.3 Å². The van der Waals surface area contributed by atoms with Gasteiger partial charge < -0.3 is 14.9 Å². The van der Waals surface area contributed by atoms with Gasteiger partial charge in [-0.3, -0.25) is 4.79 Å². The second kappa shape index (κ2) is 17.9. The van der Waals surface area contributed by atoms with Gasteiger partial charge in [-0.05, 0) is 39.0 Å². The van der Waals surface area contributed by atoms with Crippen molar-refractivity contribution >= 4 is 5.97 Å². The number of aliphatic hydroxyl groups is 2. The van der Waals surface area contributed by atoms with Gasteiger partial charge in [-0.2, -0.15) is 0 Å². The molecule has 0 unspecified atom stereocenters. The molecule has 148 valence electrons. The van der Waals surface area contributed by atoms with Crippen LogP contribution in [0.15, 0.2) is 12.2 Å². The number of allylic oxidation sites excluding steroid dienone is 1. The van der Waals surface area contributed by atoms with Crippen LogP contribution in [0, 0.1) is 0 Å². The Kier molecular flexibility index (Phi) is 17.3. The van der Waals surface area contributed by atoms with Gasteiger partial charge in [0.1, 0.15) is 6.61 Å². The van der Waals surface area contributed by atoms with E-state index in [1.165, 1.54) is 25.7 Å². The monoisotopic (exact) mass is 356 g/mol. The zero-order valence-corrected chi connectivity index (χ0v) is 16.4. The van der Waals surface area contributed by atoms with Gasteiger partial charge in [-0.1, -0.05) is 64.0 Å². The van der Waals surface area contributed by atoms with Crippen molar-refractivity contribution in [3.05, 3.63) is 12.2 Å². The number of unbranched alkanes of at least 4 members (excludes halogenated alkanes) is 8. The number of carbonyl (C=O) groups excluding carboxylic acids is 1. The first-order valence-electron chi connectivity index (χ1n) is 10.2. The maximum absolute atomic E-state index is 11.3. The summed E-state index contributed by atoms with van der Waals surface area (Å²) in [6.45, 7) is 3.90. The largest absolute Gasteiger partial charge is 0.463 e. The van der Waals surface area contributed by atoms with Gasteiger partial charge in [-0.25, -0.2) is 0 Å². The zero-order chi connectivity index (χ0) is 18.8. The maximum atomic E-state index is 11.3. The molecule has 0 aromatic heterocycles. The van der Waals surface area contributed by atoms with E-state index >= 15 is 0 Å². The lowest BCUT2D eigenvalue weighted by Crippen LogP contribution is -2.14. The molecule has 2 atom stereocenters. The highest BCUT2D eigenvalue weighted by Crippen LogP contribution is 2.10. The summed E-state index contributed by atoms with van der Waals surface area (Å²) in [7, 11) is 0. The molecule has 0 rings (SSSR count). The van der Waals surface area contributed by atoms with E-state index in [2.05, 4.69) is 19.1 Å². The molecular formula is C21H40O4. The van der Waals surface area contributed by atoms with Crippen molar-refractivity contribution in [3.8, 4) is 0 Å². The van der Waals surface area contributed by atoms with E-state index in [1.807, 2.05) is 0 Å². The van der Waals surface area contributed by atoms with Crippen molar-refractivity contribution < 1.29 is 19.7 Å². The number of aliphatic hydroxyl groups excluding tert-OH is 2. The van der Waals surface area contributed by atoms with Gasteiger partial charge in [0, 0.05) is 6.42 Å². The second-order valence-electron chi connectivity index (χ2n) is 7.05. The van der Waals surface area contributed by atoms with Crippen molar-refractivity contribution in [2.75, 3.05) is 6.61 Å². The van der Waals surface area contributed by atoms with Crippen molar-refractivity contribution in [1.82, 2.24) is 0 Å². The molecule has 0 amide bonds. The van der Waals surface area contributed by atoms with Gasteiger partial charge in [0.25, 0.3) is 0 Å². The predicted octanol–water partition coefficient (Wildman–Crippen LogP) is 4.92. The van der Waals surface area contributed by atoms with Crippen LogP contribution in [0.4, 0.5) is 0 Å². The number of hydrogen-bond donors (Lipinski definition) is 2. The van der Waals surface area contributed by atoms with E-state index in [9.17, 15) is 9.90 Å². The molecule has 0 aromatic carbocycles. The summed E-state index contributed by atoms with van der Waals surface area (Å²) >= 11 is 0. The van der Waals surface area contributed by atoms with Gasteiger partial charge in [-0.15, -0.1) is 0 Å². The highest BCUT2D eigenvalue weighted by atomic mass is 16.5. The molecular weight excluding hydrogens is 316 g/mol. The summed E-state index contributed by atoms with van der Waals surface area (Å²) in [5.41, 5.74) is 0. The topological polar surface area (TPSA) is 66.8 Å². The summed E-state index contributed by atoms with van der Waals surface area (Å²) in [6, 6.07) is 0. The minimum atomic E-state index is -0.584. The number of esters is 1. The molecule has 0 fully saturated rings. The normalized spacial score (nSPS) is 13.9. The molecule has 25 heavy (non-hydrogen) atoms. The lowest BCUT2D eigenvalue weighted by Gasteiger charge is -2.07. The average molecular weight is 357 g/mol. The van der Waals surface area contributed by atoms with Crippen molar-refractivity contribution in [2.45, 2.75) is 110 Å². The fourth-order valence-corrected chi connectivity index (χ4v) is 2.64. The van der Waals surface area contributed by atoms with Crippen molar-refractivity contribution in [1.29, 1.82) is 0 Å². The Morgan fingerprint density at radius 2 is 1.64 bits per heavy atom. The second-order valence-corrected chi connectivity index (χ2v) is 7.05. The van der Waals surface area contributed by atoms with Crippen LogP contribution < -0.4 is 0 Å². The van der Waals surface area contributed by atoms with Gasteiger partial charge in [0.2, 0.25) is 0 Å². The third-order valence-corrected chi connectivity index (χ3v) is 4.20. The van der Waals surface area contributed by atoms with Crippen molar-refractivity contribution in [2.24, 2.45) is 0 Å². The molecule has 0 aliphatic carbocycles. The van der Waals surface area contributed by atoms with Gasteiger partial charge in [0.05, 0.1) is 12.2 Å². The maximum Gasteiger partial charge on any atom is 0.305 e. The van der Waals surface area contributed by atoms with E-state index in [-0.39, 0.29) is 18.7 Å². The first kappa shape index (κ1) is 24.1. The summed E-state index contributed by atoms with van der Waals surface area (Å²) < 4.78 is 4.91. The Morgan fingerprint density at radius 1 is 0.960 bits per heavy atom. The Bertz CT molecular complexity index is 326. The highest BCUT2D eigenvalue weighted by Gasteiger charge is 2.04. The molecule has 0 aromatic rings. The van der Waals surface area contributed by atoms with Crippen molar-refractivity contribution in [3.63, 3.8) is 0 Å². The zero-order valence-electron chi connectivity index (χ0n) is 16.4. The van der Waals surface area contributed by atoms with Crippen LogP contribution >= 0.6 is 0 Å².